The molecule has 4 heteroatoms. The van der Waals surface area contributed by atoms with Crippen molar-refractivity contribution in [2.45, 2.75) is 26.0 Å². The lowest BCUT2D eigenvalue weighted by Gasteiger charge is -2.18. The Bertz CT molecular complexity index is 538. The molecular formula is C16H20BrNOS. The van der Waals surface area contributed by atoms with Crippen molar-refractivity contribution >= 4 is 27.3 Å². The molecule has 0 aliphatic rings. The third-order valence-corrected chi connectivity index (χ3v) is 4.87. The van der Waals surface area contributed by atoms with E-state index in [1.807, 2.05) is 24.3 Å². The van der Waals surface area contributed by atoms with E-state index in [2.05, 4.69) is 46.2 Å². The van der Waals surface area contributed by atoms with Crippen LogP contribution in [0.1, 0.15) is 29.2 Å². The van der Waals surface area contributed by atoms with Gasteiger partial charge < -0.3 is 10.0 Å². The molecule has 1 atom stereocenters. The molecule has 2 nitrogen and oxygen atoms in total. The number of nitrogens with zero attached hydrogens (tertiary/aromatic N) is 1. The fourth-order valence-electron chi connectivity index (χ4n) is 2.12. The lowest BCUT2D eigenvalue weighted by atomic mass is 10.0. The smallest absolute Gasteiger partial charge is 0.0802 e. The standard InChI is InChI=1S/C16H20BrNOS/c1-12-3-5-14(6-4-12)15(19)7-8-18(2)10-13-9-16(17)20-11-13/h3-6,9,11,15,19H,7-8,10H2,1-2H3. The van der Waals surface area contributed by atoms with Gasteiger partial charge in [0.1, 0.15) is 0 Å². The first kappa shape index (κ1) is 15.7. The van der Waals surface area contributed by atoms with Crippen molar-refractivity contribution in [3.63, 3.8) is 0 Å². The van der Waals surface area contributed by atoms with E-state index >= 15 is 0 Å². The molecule has 0 radical (unpaired) electrons. The predicted molar refractivity (Wildman–Crippen MR) is 89.1 cm³/mol. The van der Waals surface area contributed by atoms with Gasteiger partial charge in [-0.2, -0.15) is 0 Å². The Balaban J connectivity index is 1.80. The first-order valence-electron chi connectivity index (χ1n) is 6.70. The third kappa shape index (κ3) is 4.70. The lowest BCUT2D eigenvalue weighted by molar-refractivity contribution is 0.147. The van der Waals surface area contributed by atoms with Gasteiger partial charge in [0.2, 0.25) is 0 Å². The van der Waals surface area contributed by atoms with Gasteiger partial charge in [0.25, 0.3) is 0 Å². The van der Waals surface area contributed by atoms with Crippen LogP contribution in [0.2, 0.25) is 0 Å². The van der Waals surface area contributed by atoms with Gasteiger partial charge in [-0.05, 0) is 58.9 Å². The van der Waals surface area contributed by atoms with Crippen LogP contribution in [0, 0.1) is 6.92 Å². The summed E-state index contributed by atoms with van der Waals surface area (Å²) in [7, 11) is 2.09. The molecule has 1 unspecified atom stereocenters. The molecule has 1 heterocycles. The number of aryl methyl sites for hydroxylation is 1. The molecule has 20 heavy (non-hydrogen) atoms. The highest BCUT2D eigenvalue weighted by molar-refractivity contribution is 9.11. The highest BCUT2D eigenvalue weighted by Crippen LogP contribution is 2.22. The number of benzene rings is 1. The first-order valence-corrected chi connectivity index (χ1v) is 8.38. The van der Waals surface area contributed by atoms with Crippen LogP contribution in [0.25, 0.3) is 0 Å². The van der Waals surface area contributed by atoms with Crippen LogP contribution in [-0.2, 0) is 6.54 Å². The summed E-state index contributed by atoms with van der Waals surface area (Å²) in [5.41, 5.74) is 3.54. The fourth-order valence-corrected chi connectivity index (χ4v) is 3.32. The number of thiophene rings is 1. The van der Waals surface area contributed by atoms with Crippen molar-refractivity contribution in [1.29, 1.82) is 0 Å². The molecule has 1 aromatic heterocycles. The van der Waals surface area contributed by atoms with Crippen molar-refractivity contribution in [2.24, 2.45) is 0 Å². The average Bonchev–Trinajstić information content (AvgIpc) is 2.82. The Morgan fingerprint density at radius 1 is 1.30 bits per heavy atom. The lowest BCUT2D eigenvalue weighted by Crippen LogP contribution is -2.20. The zero-order valence-electron chi connectivity index (χ0n) is 11.8. The fraction of sp³-hybridized carbons (Fsp3) is 0.375. The number of halogens is 1. The largest absolute Gasteiger partial charge is 0.388 e. The number of hydrogen-bond acceptors (Lipinski definition) is 3. The summed E-state index contributed by atoms with van der Waals surface area (Å²) in [5, 5.41) is 12.4. The van der Waals surface area contributed by atoms with Gasteiger partial charge in [0, 0.05) is 13.1 Å². The topological polar surface area (TPSA) is 23.5 Å². The molecule has 2 rings (SSSR count). The zero-order valence-corrected chi connectivity index (χ0v) is 14.2. The minimum absolute atomic E-state index is 0.382. The normalized spacial score (nSPS) is 12.8. The third-order valence-electron chi connectivity index (χ3n) is 3.32. The molecule has 0 amide bonds. The van der Waals surface area contributed by atoms with E-state index in [-0.39, 0.29) is 6.10 Å². The SMILES string of the molecule is Cc1ccc(C(O)CCN(C)Cc2csc(Br)c2)cc1. The van der Waals surface area contributed by atoms with Crippen LogP contribution >= 0.6 is 27.3 Å². The van der Waals surface area contributed by atoms with Gasteiger partial charge in [-0.25, -0.2) is 0 Å². The van der Waals surface area contributed by atoms with Crippen LogP contribution < -0.4 is 0 Å². The number of aliphatic hydroxyl groups excluding tert-OH is 1. The summed E-state index contributed by atoms with van der Waals surface area (Å²) in [4.78, 5) is 2.24. The van der Waals surface area contributed by atoms with Crippen LogP contribution in [0.15, 0.2) is 39.5 Å². The van der Waals surface area contributed by atoms with Gasteiger partial charge in [0.15, 0.2) is 0 Å². The van der Waals surface area contributed by atoms with E-state index in [0.29, 0.717) is 0 Å². The quantitative estimate of drug-likeness (QED) is 0.833. The Hall–Kier alpha value is -0.680. The highest BCUT2D eigenvalue weighted by atomic mass is 79.9. The van der Waals surface area contributed by atoms with E-state index in [9.17, 15) is 5.11 Å². The minimum Gasteiger partial charge on any atom is -0.388 e. The molecule has 0 spiro atoms. The van der Waals surface area contributed by atoms with E-state index in [1.165, 1.54) is 14.9 Å². The summed E-state index contributed by atoms with van der Waals surface area (Å²) in [6.07, 6.45) is 0.373. The predicted octanol–water partition coefficient (Wildman–Crippen LogP) is 4.37. The van der Waals surface area contributed by atoms with Gasteiger partial charge in [-0.1, -0.05) is 29.8 Å². The second kappa shape index (κ2) is 7.36. The van der Waals surface area contributed by atoms with E-state index in [1.54, 1.807) is 11.3 Å². The van der Waals surface area contributed by atoms with Gasteiger partial charge in [-0.3, -0.25) is 0 Å². The first-order chi connectivity index (χ1) is 9.54. The van der Waals surface area contributed by atoms with Gasteiger partial charge in [0.05, 0.1) is 9.89 Å². The molecule has 0 saturated heterocycles. The van der Waals surface area contributed by atoms with Crippen molar-refractivity contribution in [3.05, 3.63) is 56.2 Å². The molecular weight excluding hydrogens is 334 g/mol. The maximum Gasteiger partial charge on any atom is 0.0802 e. The minimum atomic E-state index is -0.382. The molecule has 108 valence electrons. The Morgan fingerprint density at radius 2 is 2.00 bits per heavy atom. The summed E-state index contributed by atoms with van der Waals surface area (Å²) in [6.45, 7) is 3.86. The molecule has 0 aliphatic heterocycles. The van der Waals surface area contributed by atoms with Crippen LogP contribution in [0.5, 0.6) is 0 Å². The molecule has 0 fully saturated rings. The highest BCUT2D eigenvalue weighted by Gasteiger charge is 2.09. The molecule has 1 aromatic carbocycles. The van der Waals surface area contributed by atoms with E-state index < -0.39 is 0 Å². The summed E-state index contributed by atoms with van der Waals surface area (Å²) in [6, 6.07) is 10.3. The summed E-state index contributed by atoms with van der Waals surface area (Å²) in [5.74, 6) is 0. The maximum atomic E-state index is 10.2. The number of aliphatic hydroxyl groups is 1. The van der Waals surface area contributed by atoms with Crippen LogP contribution in [0.4, 0.5) is 0 Å². The Kier molecular flexibility index (Phi) is 5.78. The Morgan fingerprint density at radius 3 is 2.60 bits per heavy atom. The maximum absolute atomic E-state index is 10.2. The van der Waals surface area contributed by atoms with Crippen molar-refractivity contribution in [1.82, 2.24) is 4.90 Å². The second-order valence-corrected chi connectivity index (χ2v) is 7.50. The van der Waals surface area contributed by atoms with Gasteiger partial charge >= 0.3 is 0 Å². The molecule has 0 aliphatic carbocycles. The summed E-state index contributed by atoms with van der Waals surface area (Å²) < 4.78 is 1.17. The van der Waals surface area contributed by atoms with Crippen LogP contribution in [-0.4, -0.2) is 23.6 Å². The van der Waals surface area contributed by atoms with E-state index in [4.69, 9.17) is 0 Å². The zero-order chi connectivity index (χ0) is 14.5. The van der Waals surface area contributed by atoms with Crippen LogP contribution in [0.3, 0.4) is 0 Å². The second-order valence-electron chi connectivity index (χ2n) is 5.21. The number of rotatable bonds is 6. The van der Waals surface area contributed by atoms with Gasteiger partial charge in [-0.15, -0.1) is 11.3 Å². The average molecular weight is 354 g/mol. The molecule has 1 N–H and O–H groups in total. The molecule has 2 aromatic rings. The molecule has 0 bridgehead atoms. The summed E-state index contributed by atoms with van der Waals surface area (Å²) >= 11 is 5.19. The Labute approximate surface area is 133 Å². The van der Waals surface area contributed by atoms with Crippen molar-refractivity contribution < 1.29 is 5.11 Å². The number of hydrogen-bond donors (Lipinski definition) is 1. The monoisotopic (exact) mass is 353 g/mol. The van der Waals surface area contributed by atoms with Crippen molar-refractivity contribution in [3.8, 4) is 0 Å². The van der Waals surface area contributed by atoms with Crippen molar-refractivity contribution in [2.75, 3.05) is 13.6 Å². The molecule has 0 saturated carbocycles. The van der Waals surface area contributed by atoms with E-state index in [0.717, 1.165) is 25.1 Å².